The van der Waals surface area contributed by atoms with Gasteiger partial charge in [0, 0.05) is 4.90 Å². The fourth-order valence-corrected chi connectivity index (χ4v) is 1.66. The number of hydrogen-bond acceptors (Lipinski definition) is 1. The van der Waals surface area contributed by atoms with Gasteiger partial charge in [-0.25, -0.2) is 0 Å². The fraction of sp³-hybridized carbons (Fsp3) is 0.333. The third-order valence-corrected chi connectivity index (χ3v) is 2.84. The average molecular weight is 192 g/mol. The second-order valence-corrected chi connectivity index (χ2v) is 4.29. The molecule has 0 saturated heterocycles. The van der Waals surface area contributed by atoms with E-state index < -0.39 is 0 Å². The highest BCUT2D eigenvalue weighted by Gasteiger charge is 1.97. The van der Waals surface area contributed by atoms with E-state index in [1.165, 1.54) is 10.5 Å². The summed E-state index contributed by atoms with van der Waals surface area (Å²) < 4.78 is 0. The van der Waals surface area contributed by atoms with E-state index in [2.05, 4.69) is 49.6 Å². The minimum atomic E-state index is 0.626. The maximum Gasteiger partial charge on any atom is 0.0116 e. The van der Waals surface area contributed by atoms with Gasteiger partial charge in [0.15, 0.2) is 0 Å². The second kappa shape index (κ2) is 5.13. The average Bonchev–Trinajstić information content (AvgIpc) is 2.15. The van der Waals surface area contributed by atoms with Gasteiger partial charge in [-0.1, -0.05) is 43.8 Å². The van der Waals surface area contributed by atoms with Gasteiger partial charge in [-0.3, -0.25) is 0 Å². The number of thioether (sulfide) groups is 1. The smallest absolute Gasteiger partial charge is 0.0116 e. The molecule has 0 radical (unpaired) electrons. The molecule has 13 heavy (non-hydrogen) atoms. The molecule has 0 aromatic heterocycles. The molecule has 0 aliphatic carbocycles. The van der Waals surface area contributed by atoms with Crippen molar-refractivity contribution in [1.29, 1.82) is 0 Å². The van der Waals surface area contributed by atoms with Gasteiger partial charge in [-0.05, 0) is 35.9 Å². The van der Waals surface area contributed by atoms with Crippen LogP contribution in [0.4, 0.5) is 0 Å². The van der Waals surface area contributed by atoms with Crippen molar-refractivity contribution in [1.82, 2.24) is 0 Å². The minimum absolute atomic E-state index is 0.626. The molecule has 1 aromatic carbocycles. The van der Waals surface area contributed by atoms with Crippen LogP contribution in [0.1, 0.15) is 32.3 Å². The molecule has 0 amide bonds. The first-order chi connectivity index (χ1) is 6.24. The van der Waals surface area contributed by atoms with Gasteiger partial charge in [0.05, 0.1) is 0 Å². The van der Waals surface area contributed by atoms with E-state index in [0.29, 0.717) is 5.92 Å². The Hall–Kier alpha value is -0.690. The molecular weight excluding hydrogens is 176 g/mol. The van der Waals surface area contributed by atoms with Crippen LogP contribution in [0.25, 0.3) is 0 Å². The maximum atomic E-state index is 2.22. The first-order valence-corrected chi connectivity index (χ1v) is 5.49. The van der Waals surface area contributed by atoms with E-state index in [4.69, 9.17) is 0 Å². The molecule has 70 valence electrons. The molecule has 1 heteroatoms. The van der Waals surface area contributed by atoms with Crippen molar-refractivity contribution in [2.24, 2.45) is 0 Å². The van der Waals surface area contributed by atoms with E-state index in [1.807, 2.05) is 6.92 Å². The van der Waals surface area contributed by atoms with Crippen molar-refractivity contribution >= 4 is 11.8 Å². The fourth-order valence-electron chi connectivity index (χ4n) is 1.08. The van der Waals surface area contributed by atoms with E-state index in [1.54, 1.807) is 11.8 Å². The molecule has 0 bridgehead atoms. The predicted octanol–water partition coefficient (Wildman–Crippen LogP) is 4.44. The normalized spacial score (nSPS) is 11.4. The second-order valence-electron chi connectivity index (χ2n) is 3.31. The molecule has 1 aromatic rings. The number of benzene rings is 1. The van der Waals surface area contributed by atoms with Gasteiger partial charge in [0.1, 0.15) is 0 Å². The lowest BCUT2D eigenvalue weighted by Crippen LogP contribution is -1.85. The Morgan fingerprint density at radius 2 is 1.77 bits per heavy atom. The van der Waals surface area contributed by atoms with Crippen LogP contribution in [0.15, 0.2) is 40.6 Å². The highest BCUT2D eigenvalue weighted by molar-refractivity contribution is 8.02. The summed E-state index contributed by atoms with van der Waals surface area (Å²) in [7, 11) is 0. The monoisotopic (exact) mass is 192 g/mol. The maximum absolute atomic E-state index is 2.22. The summed E-state index contributed by atoms with van der Waals surface area (Å²) in [6.45, 7) is 6.47. The van der Waals surface area contributed by atoms with Crippen molar-refractivity contribution in [3.8, 4) is 0 Å². The highest BCUT2D eigenvalue weighted by Crippen LogP contribution is 2.22. The van der Waals surface area contributed by atoms with Gasteiger partial charge >= 0.3 is 0 Å². The summed E-state index contributed by atoms with van der Waals surface area (Å²) >= 11 is 1.76. The zero-order valence-corrected chi connectivity index (χ0v) is 9.27. The molecule has 0 nitrogen and oxygen atoms in total. The third-order valence-electron chi connectivity index (χ3n) is 1.89. The quantitative estimate of drug-likeness (QED) is 0.638. The predicted molar refractivity (Wildman–Crippen MR) is 61.2 cm³/mol. The lowest BCUT2D eigenvalue weighted by Gasteiger charge is -2.04. The largest absolute Gasteiger partial charge is 0.0984 e. The van der Waals surface area contributed by atoms with Crippen LogP contribution in [0.3, 0.4) is 0 Å². The van der Waals surface area contributed by atoms with Crippen LogP contribution in [0, 0.1) is 0 Å². The van der Waals surface area contributed by atoms with Crippen molar-refractivity contribution in [3.63, 3.8) is 0 Å². The highest BCUT2D eigenvalue weighted by atomic mass is 32.2. The summed E-state index contributed by atoms with van der Waals surface area (Å²) in [4.78, 5) is 1.31. The first kappa shape index (κ1) is 10.4. The van der Waals surface area contributed by atoms with Crippen LogP contribution in [0.5, 0.6) is 0 Å². The molecular formula is C12H16S. The summed E-state index contributed by atoms with van der Waals surface area (Å²) in [6.07, 6.45) is 2.06. The molecule has 0 N–H and O–H groups in total. The van der Waals surface area contributed by atoms with Crippen molar-refractivity contribution in [2.45, 2.75) is 31.6 Å². The Morgan fingerprint density at radius 3 is 2.23 bits per heavy atom. The minimum Gasteiger partial charge on any atom is -0.0984 e. The number of rotatable bonds is 3. The van der Waals surface area contributed by atoms with Gasteiger partial charge < -0.3 is 0 Å². The summed E-state index contributed by atoms with van der Waals surface area (Å²) in [5.41, 5.74) is 1.41. The van der Waals surface area contributed by atoms with Crippen molar-refractivity contribution < 1.29 is 0 Å². The molecule has 0 atom stereocenters. The number of allylic oxidation sites excluding steroid dienone is 1. The SMILES string of the molecule is C/C=C/Sc1ccc(C(C)C)cc1. The topological polar surface area (TPSA) is 0 Å². The molecule has 1 rings (SSSR count). The van der Waals surface area contributed by atoms with Gasteiger partial charge in [0.25, 0.3) is 0 Å². The third kappa shape index (κ3) is 3.27. The van der Waals surface area contributed by atoms with Gasteiger partial charge in [-0.2, -0.15) is 0 Å². The van der Waals surface area contributed by atoms with Crippen LogP contribution in [-0.2, 0) is 0 Å². The van der Waals surface area contributed by atoms with E-state index >= 15 is 0 Å². The van der Waals surface area contributed by atoms with Gasteiger partial charge in [0.2, 0.25) is 0 Å². The molecule has 0 heterocycles. The lowest BCUT2D eigenvalue weighted by atomic mass is 10.0. The van der Waals surface area contributed by atoms with Crippen LogP contribution < -0.4 is 0 Å². The number of hydrogen-bond donors (Lipinski definition) is 0. The van der Waals surface area contributed by atoms with Crippen molar-refractivity contribution in [3.05, 3.63) is 41.3 Å². The summed E-state index contributed by atoms with van der Waals surface area (Å²) in [5, 5.41) is 2.10. The summed E-state index contributed by atoms with van der Waals surface area (Å²) in [6, 6.07) is 8.77. The zero-order chi connectivity index (χ0) is 9.68. The Balaban J connectivity index is 2.69. The standard InChI is InChI=1S/C12H16S/c1-4-9-13-12-7-5-11(6-8-12)10(2)3/h4-10H,1-3H3/b9-4+. The Labute approximate surface area is 85.1 Å². The molecule has 0 aliphatic rings. The molecule has 0 fully saturated rings. The Morgan fingerprint density at radius 1 is 1.15 bits per heavy atom. The van der Waals surface area contributed by atoms with Crippen LogP contribution >= 0.6 is 11.8 Å². The Kier molecular flexibility index (Phi) is 4.10. The zero-order valence-electron chi connectivity index (χ0n) is 8.45. The molecule has 0 spiro atoms. The van der Waals surface area contributed by atoms with E-state index in [-0.39, 0.29) is 0 Å². The van der Waals surface area contributed by atoms with Crippen molar-refractivity contribution in [2.75, 3.05) is 0 Å². The van der Waals surface area contributed by atoms with Gasteiger partial charge in [-0.15, -0.1) is 0 Å². The first-order valence-electron chi connectivity index (χ1n) is 4.62. The lowest BCUT2D eigenvalue weighted by molar-refractivity contribution is 0.865. The van der Waals surface area contributed by atoms with Crippen LogP contribution in [-0.4, -0.2) is 0 Å². The summed E-state index contributed by atoms with van der Waals surface area (Å²) in [5.74, 6) is 0.626. The molecule has 0 unspecified atom stereocenters. The Bertz CT molecular complexity index is 270. The van der Waals surface area contributed by atoms with E-state index in [0.717, 1.165) is 0 Å². The molecule has 0 aliphatic heterocycles. The molecule has 0 saturated carbocycles. The van der Waals surface area contributed by atoms with E-state index in [9.17, 15) is 0 Å². The van der Waals surface area contributed by atoms with Crippen LogP contribution in [0.2, 0.25) is 0 Å².